The maximum absolute atomic E-state index is 13.8. The van der Waals surface area contributed by atoms with Crippen molar-refractivity contribution >= 4 is 40.2 Å². The Morgan fingerprint density at radius 2 is 1.83 bits per heavy atom. The SMILES string of the molecule is COc1cc(NC(=O)c2cc(N3CCN(C(=O)OCc4ccccc4)[C@@H](CC#N)C3)nc(NCc3cnn(C)c3)n2)c2ccccc2c1. The average molecular weight is 646 g/mol. The van der Waals surface area contributed by atoms with Crippen molar-refractivity contribution in [3.63, 3.8) is 0 Å². The number of piperazine rings is 1. The number of rotatable bonds is 10. The maximum atomic E-state index is 13.8. The van der Waals surface area contributed by atoms with Crippen LogP contribution in [0, 0.1) is 11.3 Å². The fraction of sp³-hybridized carbons (Fsp3) is 0.257. The first-order chi connectivity index (χ1) is 23.4. The van der Waals surface area contributed by atoms with Crippen LogP contribution in [-0.4, -0.2) is 69.4 Å². The van der Waals surface area contributed by atoms with E-state index >= 15 is 0 Å². The number of aryl methyl sites for hydroxylation is 1. The smallest absolute Gasteiger partial charge is 0.410 e. The molecule has 0 saturated carbocycles. The molecule has 2 aromatic heterocycles. The number of benzene rings is 3. The number of ether oxygens (including phenoxy) is 2. The molecule has 3 heterocycles. The number of fused-ring (bicyclic) bond motifs is 1. The van der Waals surface area contributed by atoms with Gasteiger partial charge >= 0.3 is 6.09 Å². The average Bonchev–Trinajstić information content (AvgIpc) is 3.54. The molecule has 13 nitrogen and oxygen atoms in total. The molecule has 13 heteroatoms. The number of carbonyl (C=O) groups excluding carboxylic acids is 2. The highest BCUT2D eigenvalue weighted by Crippen LogP contribution is 2.30. The molecule has 2 N–H and O–H groups in total. The van der Waals surface area contributed by atoms with Crippen molar-refractivity contribution in [2.75, 3.05) is 42.3 Å². The lowest BCUT2D eigenvalue weighted by Gasteiger charge is -2.40. The van der Waals surface area contributed by atoms with Crippen LogP contribution in [0.4, 0.5) is 22.2 Å². The van der Waals surface area contributed by atoms with E-state index < -0.39 is 18.0 Å². The number of nitrogens with zero attached hydrogens (tertiary/aromatic N) is 7. The first-order valence-electron chi connectivity index (χ1n) is 15.5. The number of methoxy groups -OCH3 is 1. The van der Waals surface area contributed by atoms with E-state index in [0.717, 1.165) is 21.9 Å². The Bertz CT molecular complexity index is 1960. The number of nitrogens with one attached hydrogen (secondary N) is 2. The van der Waals surface area contributed by atoms with Gasteiger partial charge in [-0.25, -0.2) is 9.78 Å². The van der Waals surface area contributed by atoms with Gasteiger partial charge in [-0.3, -0.25) is 9.48 Å². The number of hydrogen-bond donors (Lipinski definition) is 2. The molecule has 1 atom stereocenters. The monoisotopic (exact) mass is 645 g/mol. The molecular formula is C35H35N9O4. The van der Waals surface area contributed by atoms with Gasteiger partial charge in [0.05, 0.1) is 37.5 Å². The molecule has 2 amide bonds. The molecule has 0 aliphatic carbocycles. The Hall–Kier alpha value is -6.16. The zero-order valence-corrected chi connectivity index (χ0v) is 26.7. The topological polar surface area (TPSA) is 151 Å². The fourth-order valence-corrected chi connectivity index (χ4v) is 5.61. The lowest BCUT2D eigenvalue weighted by molar-refractivity contribution is 0.0768. The Morgan fingerprint density at radius 3 is 2.60 bits per heavy atom. The number of carbonyl (C=O) groups is 2. The molecule has 244 valence electrons. The zero-order valence-electron chi connectivity index (χ0n) is 26.7. The number of hydrogen-bond acceptors (Lipinski definition) is 10. The highest BCUT2D eigenvalue weighted by Gasteiger charge is 2.32. The summed E-state index contributed by atoms with van der Waals surface area (Å²) in [4.78, 5) is 39.8. The first-order valence-corrected chi connectivity index (χ1v) is 15.5. The van der Waals surface area contributed by atoms with Gasteiger partial charge in [0.15, 0.2) is 0 Å². The van der Waals surface area contributed by atoms with Crippen LogP contribution in [0.2, 0.25) is 0 Å². The van der Waals surface area contributed by atoms with Gasteiger partial charge in [0.25, 0.3) is 5.91 Å². The molecule has 6 rings (SSSR count). The third-order valence-electron chi connectivity index (χ3n) is 8.05. The molecule has 0 spiro atoms. The van der Waals surface area contributed by atoms with Gasteiger partial charge in [0.1, 0.15) is 23.9 Å². The second kappa shape index (κ2) is 14.5. The van der Waals surface area contributed by atoms with Gasteiger partial charge in [-0.2, -0.15) is 15.3 Å². The third-order valence-corrected chi connectivity index (χ3v) is 8.05. The van der Waals surface area contributed by atoms with Crippen molar-refractivity contribution in [1.82, 2.24) is 24.6 Å². The van der Waals surface area contributed by atoms with Crippen molar-refractivity contribution in [2.24, 2.45) is 7.05 Å². The molecule has 1 fully saturated rings. The molecule has 5 aromatic rings. The summed E-state index contributed by atoms with van der Waals surface area (Å²) in [5, 5.41) is 21.8. The number of aromatic nitrogens is 4. The van der Waals surface area contributed by atoms with E-state index in [1.165, 1.54) is 0 Å². The summed E-state index contributed by atoms with van der Waals surface area (Å²) in [5.74, 6) is 0.909. The quantitative estimate of drug-likeness (QED) is 0.213. The summed E-state index contributed by atoms with van der Waals surface area (Å²) in [6.45, 7) is 1.55. The lowest BCUT2D eigenvalue weighted by atomic mass is 10.1. The van der Waals surface area contributed by atoms with Gasteiger partial charge in [-0.05, 0) is 17.0 Å². The summed E-state index contributed by atoms with van der Waals surface area (Å²) in [6.07, 6.45) is 3.23. The van der Waals surface area contributed by atoms with E-state index in [-0.39, 0.29) is 24.7 Å². The number of amides is 2. The minimum absolute atomic E-state index is 0.102. The molecule has 1 saturated heterocycles. The molecule has 0 unspecified atom stereocenters. The molecule has 0 bridgehead atoms. The second-order valence-corrected chi connectivity index (χ2v) is 11.4. The Labute approximate surface area is 277 Å². The van der Waals surface area contributed by atoms with Crippen LogP contribution in [0.5, 0.6) is 5.75 Å². The van der Waals surface area contributed by atoms with Gasteiger partial charge in [-0.15, -0.1) is 0 Å². The van der Waals surface area contributed by atoms with Gasteiger partial charge in [-0.1, -0.05) is 54.6 Å². The highest BCUT2D eigenvalue weighted by molar-refractivity contribution is 6.09. The summed E-state index contributed by atoms with van der Waals surface area (Å²) in [6, 6.07) is 24.2. The Morgan fingerprint density at radius 1 is 1.02 bits per heavy atom. The van der Waals surface area contributed by atoms with E-state index in [2.05, 4.69) is 26.8 Å². The van der Waals surface area contributed by atoms with E-state index in [9.17, 15) is 14.9 Å². The summed E-state index contributed by atoms with van der Waals surface area (Å²) in [5.41, 5.74) is 2.51. The van der Waals surface area contributed by atoms with Crippen LogP contribution in [0.1, 0.15) is 28.0 Å². The van der Waals surface area contributed by atoms with Gasteiger partial charge in [0, 0.05) is 62.5 Å². The fourth-order valence-electron chi connectivity index (χ4n) is 5.61. The molecule has 0 radical (unpaired) electrons. The van der Waals surface area contributed by atoms with Crippen LogP contribution < -0.4 is 20.3 Å². The van der Waals surface area contributed by atoms with Crippen LogP contribution in [0.15, 0.2) is 85.2 Å². The molecule has 48 heavy (non-hydrogen) atoms. The standard InChI is InChI=1S/C35H35N9O4/c1-42-21-25(20-38-42)19-37-34-40-31(33(45)39-30-17-28(47-2)16-26-10-6-7-11-29(26)30)18-32(41-34)43-14-15-44(27(22-43)12-13-36)35(46)48-23-24-8-4-3-5-9-24/h3-11,16-18,20-21,27H,12,14-15,19,22-23H2,1-2H3,(H,39,45)(H,37,40,41)/t27-/m0/s1. The van der Waals surface area contributed by atoms with Crippen molar-refractivity contribution < 1.29 is 19.1 Å². The summed E-state index contributed by atoms with van der Waals surface area (Å²) < 4.78 is 12.8. The predicted octanol–water partition coefficient (Wildman–Crippen LogP) is 4.98. The third kappa shape index (κ3) is 7.45. The normalized spacial score (nSPS) is 14.3. The number of nitriles is 1. The largest absolute Gasteiger partial charge is 0.497 e. The van der Waals surface area contributed by atoms with Crippen LogP contribution >= 0.6 is 0 Å². The Kier molecular flexibility index (Phi) is 9.61. The highest BCUT2D eigenvalue weighted by atomic mass is 16.6. The van der Waals surface area contributed by atoms with E-state index in [4.69, 9.17) is 14.5 Å². The van der Waals surface area contributed by atoms with E-state index in [1.54, 1.807) is 35.0 Å². The van der Waals surface area contributed by atoms with Crippen molar-refractivity contribution in [2.45, 2.75) is 25.6 Å². The first kappa shape index (κ1) is 31.8. The van der Waals surface area contributed by atoms with Crippen LogP contribution in [0.25, 0.3) is 10.8 Å². The Balaban J connectivity index is 1.25. The lowest BCUT2D eigenvalue weighted by Crippen LogP contribution is -2.55. The number of anilines is 3. The predicted molar refractivity (Wildman–Crippen MR) is 181 cm³/mol. The van der Waals surface area contributed by atoms with Crippen LogP contribution in [-0.2, 0) is 24.9 Å². The summed E-state index contributed by atoms with van der Waals surface area (Å²) in [7, 11) is 3.41. The zero-order chi connectivity index (χ0) is 33.5. The minimum atomic E-state index is -0.481. The second-order valence-electron chi connectivity index (χ2n) is 11.4. The van der Waals surface area contributed by atoms with Crippen molar-refractivity contribution in [3.8, 4) is 11.8 Å². The summed E-state index contributed by atoms with van der Waals surface area (Å²) >= 11 is 0. The maximum Gasteiger partial charge on any atom is 0.410 e. The van der Waals surface area contributed by atoms with Crippen molar-refractivity contribution in [1.29, 1.82) is 5.26 Å². The molecule has 1 aliphatic rings. The molecular weight excluding hydrogens is 610 g/mol. The van der Waals surface area contributed by atoms with E-state index in [1.807, 2.05) is 78.8 Å². The van der Waals surface area contributed by atoms with Gasteiger partial charge < -0.3 is 29.9 Å². The van der Waals surface area contributed by atoms with Gasteiger partial charge in [0.2, 0.25) is 5.95 Å². The van der Waals surface area contributed by atoms with Crippen molar-refractivity contribution in [3.05, 3.63) is 102 Å². The molecule has 3 aromatic carbocycles. The van der Waals surface area contributed by atoms with E-state index in [0.29, 0.717) is 43.4 Å². The van der Waals surface area contributed by atoms with Crippen LogP contribution in [0.3, 0.4) is 0 Å². The minimum Gasteiger partial charge on any atom is -0.497 e. The molecule has 1 aliphatic heterocycles.